The van der Waals surface area contributed by atoms with Gasteiger partial charge in [-0.05, 0) is 49.5 Å². The SMILES string of the molecule is CN1CCN(c2ccc(NC(=O)c3ccc(Br)cc3)cc2Cl)CC1. The summed E-state index contributed by atoms with van der Waals surface area (Å²) in [6.45, 7) is 3.97. The first-order valence-electron chi connectivity index (χ1n) is 7.83. The van der Waals surface area contributed by atoms with E-state index in [2.05, 4.69) is 38.1 Å². The Hall–Kier alpha value is -1.56. The first-order chi connectivity index (χ1) is 11.5. The number of likely N-dealkylation sites (N-methyl/N-ethyl adjacent to an activating group) is 1. The number of hydrogen-bond donors (Lipinski definition) is 1. The molecule has 3 rings (SSSR count). The van der Waals surface area contributed by atoms with E-state index in [4.69, 9.17) is 11.6 Å². The molecule has 1 aliphatic rings. The number of hydrogen-bond acceptors (Lipinski definition) is 3. The Labute approximate surface area is 155 Å². The number of carbonyl (C=O) groups is 1. The van der Waals surface area contributed by atoms with Gasteiger partial charge in [0, 0.05) is 41.9 Å². The fraction of sp³-hybridized carbons (Fsp3) is 0.278. The lowest BCUT2D eigenvalue weighted by Gasteiger charge is -2.34. The topological polar surface area (TPSA) is 35.6 Å². The Kier molecular flexibility index (Phi) is 5.43. The first-order valence-corrected chi connectivity index (χ1v) is 9.00. The summed E-state index contributed by atoms with van der Waals surface area (Å²) < 4.78 is 0.943. The molecule has 1 aliphatic heterocycles. The maximum absolute atomic E-state index is 12.3. The fourth-order valence-electron chi connectivity index (χ4n) is 2.69. The molecule has 4 nitrogen and oxygen atoms in total. The van der Waals surface area contributed by atoms with Crippen molar-refractivity contribution in [3.63, 3.8) is 0 Å². The van der Waals surface area contributed by atoms with Crippen molar-refractivity contribution in [3.05, 3.63) is 57.5 Å². The van der Waals surface area contributed by atoms with Gasteiger partial charge in [0.05, 0.1) is 10.7 Å². The van der Waals surface area contributed by atoms with Crippen LogP contribution in [0.3, 0.4) is 0 Å². The Morgan fingerprint density at radius 3 is 2.38 bits per heavy atom. The van der Waals surface area contributed by atoms with Crippen LogP contribution in [0.5, 0.6) is 0 Å². The third-order valence-corrected chi connectivity index (χ3v) is 4.99. The summed E-state index contributed by atoms with van der Waals surface area (Å²) in [5.41, 5.74) is 2.33. The van der Waals surface area contributed by atoms with Crippen molar-refractivity contribution in [2.75, 3.05) is 43.4 Å². The average molecular weight is 409 g/mol. The molecular weight excluding hydrogens is 390 g/mol. The van der Waals surface area contributed by atoms with Crippen LogP contribution in [0.25, 0.3) is 0 Å². The Bertz CT molecular complexity index is 728. The van der Waals surface area contributed by atoms with Crippen molar-refractivity contribution < 1.29 is 4.79 Å². The van der Waals surface area contributed by atoms with E-state index in [0.29, 0.717) is 16.3 Å². The number of halogens is 2. The van der Waals surface area contributed by atoms with Gasteiger partial charge < -0.3 is 15.1 Å². The summed E-state index contributed by atoms with van der Waals surface area (Å²) in [5, 5.41) is 3.55. The van der Waals surface area contributed by atoms with Crippen molar-refractivity contribution in [1.82, 2.24) is 4.90 Å². The molecule has 0 saturated carbocycles. The number of rotatable bonds is 3. The Balaban J connectivity index is 1.70. The molecule has 0 aliphatic carbocycles. The molecule has 1 saturated heterocycles. The molecule has 0 aromatic heterocycles. The van der Waals surface area contributed by atoms with Gasteiger partial charge in [-0.1, -0.05) is 27.5 Å². The predicted molar refractivity (Wildman–Crippen MR) is 103 cm³/mol. The molecule has 0 atom stereocenters. The van der Waals surface area contributed by atoms with Gasteiger partial charge in [0.25, 0.3) is 5.91 Å². The van der Waals surface area contributed by atoms with E-state index in [1.807, 2.05) is 30.3 Å². The molecule has 2 aromatic carbocycles. The maximum atomic E-state index is 12.3. The van der Waals surface area contributed by atoms with Crippen LogP contribution in [-0.2, 0) is 0 Å². The molecule has 0 radical (unpaired) electrons. The molecule has 1 N–H and O–H groups in total. The van der Waals surface area contributed by atoms with E-state index in [9.17, 15) is 4.79 Å². The van der Waals surface area contributed by atoms with Crippen LogP contribution < -0.4 is 10.2 Å². The van der Waals surface area contributed by atoms with Crippen molar-refractivity contribution in [1.29, 1.82) is 0 Å². The lowest BCUT2D eigenvalue weighted by Crippen LogP contribution is -2.44. The maximum Gasteiger partial charge on any atom is 0.255 e. The lowest BCUT2D eigenvalue weighted by atomic mass is 10.2. The number of amides is 1. The van der Waals surface area contributed by atoms with E-state index in [-0.39, 0.29) is 5.91 Å². The molecule has 6 heteroatoms. The minimum atomic E-state index is -0.147. The predicted octanol–water partition coefficient (Wildman–Crippen LogP) is 4.11. The zero-order chi connectivity index (χ0) is 17.1. The summed E-state index contributed by atoms with van der Waals surface area (Å²) in [7, 11) is 2.12. The van der Waals surface area contributed by atoms with Gasteiger partial charge in [-0.15, -0.1) is 0 Å². The first kappa shape index (κ1) is 17.3. The molecule has 24 heavy (non-hydrogen) atoms. The van der Waals surface area contributed by atoms with Gasteiger partial charge in [0.1, 0.15) is 0 Å². The average Bonchev–Trinajstić information content (AvgIpc) is 2.57. The van der Waals surface area contributed by atoms with E-state index >= 15 is 0 Å². The smallest absolute Gasteiger partial charge is 0.255 e. The van der Waals surface area contributed by atoms with Crippen molar-refractivity contribution in [2.24, 2.45) is 0 Å². The van der Waals surface area contributed by atoms with Crippen molar-refractivity contribution in [2.45, 2.75) is 0 Å². The van der Waals surface area contributed by atoms with Crippen LogP contribution in [-0.4, -0.2) is 44.0 Å². The van der Waals surface area contributed by atoms with Crippen molar-refractivity contribution >= 4 is 44.8 Å². The van der Waals surface area contributed by atoms with E-state index in [1.165, 1.54) is 0 Å². The van der Waals surface area contributed by atoms with Crippen LogP contribution >= 0.6 is 27.5 Å². The van der Waals surface area contributed by atoms with E-state index in [0.717, 1.165) is 36.3 Å². The molecule has 0 spiro atoms. The highest BCUT2D eigenvalue weighted by Gasteiger charge is 2.17. The number of piperazine rings is 1. The summed E-state index contributed by atoms with van der Waals surface area (Å²) in [6, 6.07) is 12.9. The second kappa shape index (κ2) is 7.55. The normalized spacial score (nSPS) is 15.4. The van der Waals surface area contributed by atoms with Gasteiger partial charge in [-0.2, -0.15) is 0 Å². The second-order valence-corrected chi connectivity index (χ2v) is 7.24. The molecule has 126 valence electrons. The summed E-state index contributed by atoms with van der Waals surface area (Å²) in [5.74, 6) is -0.147. The van der Waals surface area contributed by atoms with Gasteiger partial charge in [0.2, 0.25) is 0 Å². The molecular formula is C18H19BrClN3O. The summed E-state index contributed by atoms with van der Waals surface area (Å²) in [6.07, 6.45) is 0. The Morgan fingerprint density at radius 1 is 1.08 bits per heavy atom. The Morgan fingerprint density at radius 2 is 1.75 bits per heavy atom. The van der Waals surface area contributed by atoms with Crippen LogP contribution in [0.1, 0.15) is 10.4 Å². The minimum Gasteiger partial charge on any atom is -0.368 e. The van der Waals surface area contributed by atoms with Gasteiger partial charge in [-0.3, -0.25) is 4.79 Å². The summed E-state index contributed by atoms with van der Waals surface area (Å²) >= 11 is 9.80. The van der Waals surface area contributed by atoms with E-state index < -0.39 is 0 Å². The van der Waals surface area contributed by atoms with Crippen molar-refractivity contribution in [3.8, 4) is 0 Å². The number of benzene rings is 2. The molecule has 0 unspecified atom stereocenters. The van der Waals surface area contributed by atoms with E-state index in [1.54, 1.807) is 12.1 Å². The van der Waals surface area contributed by atoms with Crippen LogP contribution in [0.15, 0.2) is 46.9 Å². The minimum absolute atomic E-state index is 0.147. The lowest BCUT2D eigenvalue weighted by molar-refractivity contribution is 0.102. The molecule has 2 aromatic rings. The zero-order valence-electron chi connectivity index (χ0n) is 13.4. The van der Waals surface area contributed by atoms with Crippen LogP contribution in [0.4, 0.5) is 11.4 Å². The second-order valence-electron chi connectivity index (χ2n) is 5.92. The quantitative estimate of drug-likeness (QED) is 0.830. The monoisotopic (exact) mass is 407 g/mol. The highest BCUT2D eigenvalue weighted by Crippen LogP contribution is 2.29. The molecule has 1 heterocycles. The third-order valence-electron chi connectivity index (χ3n) is 4.16. The third kappa shape index (κ3) is 4.09. The molecule has 1 amide bonds. The molecule has 1 fully saturated rings. The fourth-order valence-corrected chi connectivity index (χ4v) is 3.26. The number of nitrogens with zero attached hydrogens (tertiary/aromatic N) is 2. The largest absolute Gasteiger partial charge is 0.368 e. The van der Waals surface area contributed by atoms with Crippen LogP contribution in [0, 0.1) is 0 Å². The summed E-state index contributed by atoms with van der Waals surface area (Å²) in [4.78, 5) is 16.9. The van der Waals surface area contributed by atoms with Gasteiger partial charge >= 0.3 is 0 Å². The molecule has 0 bridgehead atoms. The number of nitrogens with one attached hydrogen (secondary N) is 1. The van der Waals surface area contributed by atoms with Gasteiger partial charge in [0.15, 0.2) is 0 Å². The highest BCUT2D eigenvalue weighted by molar-refractivity contribution is 9.10. The zero-order valence-corrected chi connectivity index (χ0v) is 15.8. The number of anilines is 2. The van der Waals surface area contributed by atoms with Gasteiger partial charge in [-0.25, -0.2) is 0 Å². The van der Waals surface area contributed by atoms with Crippen LogP contribution in [0.2, 0.25) is 5.02 Å². The highest BCUT2D eigenvalue weighted by atomic mass is 79.9. The standard InChI is InChI=1S/C18H19BrClN3O/c1-22-8-10-23(11-9-22)17-7-6-15(12-16(17)20)21-18(24)13-2-4-14(19)5-3-13/h2-7,12H,8-11H2,1H3,(H,21,24). The number of carbonyl (C=O) groups excluding carboxylic acids is 1.